The van der Waals surface area contributed by atoms with Crippen molar-refractivity contribution in [1.29, 1.82) is 0 Å². The zero-order valence-corrected chi connectivity index (χ0v) is 21.7. The molecule has 0 atom stereocenters. The lowest BCUT2D eigenvalue weighted by Crippen LogP contribution is -2.15. The van der Waals surface area contributed by atoms with Crippen LogP contribution in [0.3, 0.4) is 0 Å². The van der Waals surface area contributed by atoms with Gasteiger partial charge in [0.1, 0.15) is 6.61 Å². The van der Waals surface area contributed by atoms with E-state index >= 15 is 0 Å². The highest BCUT2D eigenvalue weighted by Crippen LogP contribution is 1.91. The minimum Gasteiger partial charge on any atom is -0.463 e. The highest BCUT2D eigenvalue weighted by atomic mass is 79.9. The van der Waals surface area contributed by atoms with Crippen molar-refractivity contribution in [3.8, 4) is 0 Å². The first-order valence-corrected chi connectivity index (χ1v) is 12.8. The molecule has 0 saturated heterocycles. The van der Waals surface area contributed by atoms with Crippen LogP contribution in [0.4, 0.5) is 0 Å². The van der Waals surface area contributed by atoms with Crippen molar-refractivity contribution in [1.82, 2.24) is 0 Å². The third-order valence-corrected chi connectivity index (χ3v) is 4.09. The van der Waals surface area contributed by atoms with Crippen molar-refractivity contribution in [3.63, 3.8) is 0 Å². The van der Waals surface area contributed by atoms with Crippen molar-refractivity contribution in [2.75, 3.05) is 118 Å². The molecule has 0 rings (SSSR count). The Kier molecular flexibility index (Phi) is 29.3. The van der Waals surface area contributed by atoms with Crippen molar-refractivity contribution in [3.05, 3.63) is 0 Å². The molecule has 0 fully saturated rings. The number of ether oxygens (including phenoxy) is 9. The molecule has 33 heavy (non-hydrogen) atoms. The van der Waals surface area contributed by atoms with Gasteiger partial charge in [0.15, 0.2) is 0 Å². The van der Waals surface area contributed by atoms with Gasteiger partial charge in [0.05, 0.1) is 106 Å². The van der Waals surface area contributed by atoms with E-state index in [0.717, 1.165) is 11.8 Å². The first kappa shape index (κ1) is 32.6. The van der Waals surface area contributed by atoms with Crippen LogP contribution in [0.2, 0.25) is 0 Å². The van der Waals surface area contributed by atoms with Crippen LogP contribution in [-0.4, -0.2) is 124 Å². The number of carbonyl (C=O) groups is 1. The molecular weight excluding hydrogens is 504 g/mol. The Labute approximate surface area is 206 Å². The summed E-state index contributed by atoms with van der Waals surface area (Å²) in [7, 11) is 0. The Bertz CT molecular complexity index is 390. The topological polar surface area (TPSA) is 100 Å². The molecule has 11 heteroatoms. The predicted octanol–water partition coefficient (Wildman–Crippen LogP) is 1.86. The Morgan fingerprint density at radius 1 is 0.485 bits per heavy atom. The van der Waals surface area contributed by atoms with Gasteiger partial charge in [-0.3, -0.25) is 4.79 Å². The van der Waals surface area contributed by atoms with Crippen molar-refractivity contribution in [2.24, 2.45) is 0 Å². The van der Waals surface area contributed by atoms with Gasteiger partial charge < -0.3 is 42.6 Å². The number of esters is 1. The van der Waals surface area contributed by atoms with Crippen LogP contribution in [0.1, 0.15) is 19.8 Å². The van der Waals surface area contributed by atoms with Crippen LogP contribution >= 0.6 is 15.9 Å². The van der Waals surface area contributed by atoms with Crippen LogP contribution in [0, 0.1) is 0 Å². The van der Waals surface area contributed by atoms with Gasteiger partial charge in [-0.1, -0.05) is 22.9 Å². The molecule has 0 aromatic heterocycles. The molecule has 0 aliphatic heterocycles. The zero-order valence-electron chi connectivity index (χ0n) is 20.1. The highest BCUT2D eigenvalue weighted by Gasteiger charge is 2.00. The number of hydrogen-bond acceptors (Lipinski definition) is 10. The van der Waals surface area contributed by atoms with Gasteiger partial charge in [0, 0.05) is 11.8 Å². The third-order valence-electron chi connectivity index (χ3n) is 3.77. The number of hydrogen-bond donors (Lipinski definition) is 0. The molecule has 10 nitrogen and oxygen atoms in total. The van der Waals surface area contributed by atoms with E-state index in [-0.39, 0.29) is 12.6 Å². The summed E-state index contributed by atoms with van der Waals surface area (Å²) in [6, 6.07) is 0. The summed E-state index contributed by atoms with van der Waals surface area (Å²) in [6.45, 7) is 10.6. The maximum atomic E-state index is 11.1. The van der Waals surface area contributed by atoms with Crippen LogP contribution in [0.25, 0.3) is 0 Å². The van der Waals surface area contributed by atoms with E-state index in [1.807, 2.05) is 6.92 Å². The number of carbonyl (C=O) groups excluding carboxylic acids is 1. The first-order chi connectivity index (χ1) is 16.3. The van der Waals surface area contributed by atoms with Gasteiger partial charge in [-0.2, -0.15) is 0 Å². The predicted molar refractivity (Wildman–Crippen MR) is 126 cm³/mol. The SMILES string of the molecule is CCCC(=O)OCCOCCOCCOCCOCCOCCOCCOCCOCCBr. The Balaban J connectivity index is 3.03. The lowest BCUT2D eigenvalue weighted by molar-refractivity contribution is -0.145. The van der Waals surface area contributed by atoms with Gasteiger partial charge >= 0.3 is 5.97 Å². The van der Waals surface area contributed by atoms with Crippen LogP contribution in [0.15, 0.2) is 0 Å². The molecular formula is C22H43BrO10. The minimum atomic E-state index is -0.184. The molecule has 198 valence electrons. The molecule has 0 aliphatic rings. The molecule has 0 spiro atoms. The van der Waals surface area contributed by atoms with Crippen molar-refractivity contribution in [2.45, 2.75) is 19.8 Å². The minimum absolute atomic E-state index is 0.184. The van der Waals surface area contributed by atoms with Crippen molar-refractivity contribution >= 4 is 21.9 Å². The largest absolute Gasteiger partial charge is 0.463 e. The summed E-state index contributed by atoms with van der Waals surface area (Å²) in [5.74, 6) is -0.184. The summed E-state index contributed by atoms with van der Waals surface area (Å²) in [4.78, 5) is 11.1. The van der Waals surface area contributed by atoms with Crippen LogP contribution in [0.5, 0.6) is 0 Å². The second-order valence-corrected chi connectivity index (χ2v) is 7.35. The molecule has 0 bridgehead atoms. The molecule has 0 heterocycles. The van der Waals surface area contributed by atoms with Gasteiger partial charge in [-0.15, -0.1) is 0 Å². The Morgan fingerprint density at radius 2 is 0.758 bits per heavy atom. The van der Waals surface area contributed by atoms with E-state index in [1.54, 1.807) is 0 Å². The third kappa shape index (κ3) is 29.6. The number of halogens is 1. The van der Waals surface area contributed by atoms with E-state index in [4.69, 9.17) is 42.6 Å². The highest BCUT2D eigenvalue weighted by molar-refractivity contribution is 9.09. The Hall–Kier alpha value is -0.370. The standard InChI is InChI=1S/C22H43BrO10/c1-2-3-22(24)33-21-20-32-19-18-31-17-16-30-15-14-29-13-12-28-11-10-27-9-8-26-7-6-25-5-4-23/h2-21H2,1H3. The summed E-state index contributed by atoms with van der Waals surface area (Å²) in [5.41, 5.74) is 0. The van der Waals surface area contributed by atoms with Gasteiger partial charge in [0.2, 0.25) is 0 Å². The fourth-order valence-corrected chi connectivity index (χ4v) is 2.42. The summed E-state index contributed by atoms with van der Waals surface area (Å²) < 4.78 is 48.0. The second-order valence-electron chi connectivity index (χ2n) is 6.56. The maximum Gasteiger partial charge on any atom is 0.305 e. The van der Waals surface area contributed by atoms with Gasteiger partial charge in [-0.05, 0) is 6.42 Å². The molecule has 0 unspecified atom stereocenters. The van der Waals surface area contributed by atoms with E-state index in [9.17, 15) is 4.79 Å². The summed E-state index contributed by atoms with van der Waals surface area (Å²) in [5, 5.41) is 0.838. The molecule has 0 aliphatic carbocycles. The van der Waals surface area contributed by atoms with Crippen LogP contribution < -0.4 is 0 Å². The van der Waals surface area contributed by atoms with Gasteiger partial charge in [-0.25, -0.2) is 0 Å². The molecule has 0 radical (unpaired) electrons. The monoisotopic (exact) mass is 546 g/mol. The summed E-state index contributed by atoms with van der Waals surface area (Å²) in [6.07, 6.45) is 1.24. The lowest BCUT2D eigenvalue weighted by Gasteiger charge is -2.08. The van der Waals surface area contributed by atoms with Gasteiger partial charge in [0.25, 0.3) is 0 Å². The average Bonchev–Trinajstić information content (AvgIpc) is 2.81. The van der Waals surface area contributed by atoms with E-state index in [2.05, 4.69) is 15.9 Å². The molecule has 0 N–H and O–H groups in total. The molecule has 0 aromatic carbocycles. The van der Waals surface area contributed by atoms with E-state index < -0.39 is 0 Å². The average molecular weight is 547 g/mol. The fraction of sp³-hybridized carbons (Fsp3) is 0.955. The maximum absolute atomic E-state index is 11.1. The van der Waals surface area contributed by atoms with E-state index in [1.165, 1.54) is 0 Å². The second kappa shape index (κ2) is 29.7. The van der Waals surface area contributed by atoms with Crippen LogP contribution in [-0.2, 0) is 47.4 Å². The number of alkyl halides is 1. The lowest BCUT2D eigenvalue weighted by atomic mass is 10.3. The quantitative estimate of drug-likeness (QED) is 0.0820. The van der Waals surface area contributed by atoms with E-state index in [0.29, 0.717) is 112 Å². The molecule has 0 saturated carbocycles. The molecule has 0 amide bonds. The van der Waals surface area contributed by atoms with Crippen molar-refractivity contribution < 1.29 is 47.4 Å². The number of rotatable bonds is 28. The molecule has 0 aromatic rings. The Morgan fingerprint density at radius 3 is 1.03 bits per heavy atom. The smallest absolute Gasteiger partial charge is 0.305 e. The first-order valence-electron chi connectivity index (χ1n) is 11.6. The summed E-state index contributed by atoms with van der Waals surface area (Å²) >= 11 is 3.29. The fourth-order valence-electron chi connectivity index (χ4n) is 2.19. The zero-order chi connectivity index (χ0) is 24.1. The normalized spacial score (nSPS) is 11.2.